The third-order valence-electron chi connectivity index (χ3n) is 15.1. The van der Waals surface area contributed by atoms with Crippen molar-refractivity contribution < 1.29 is 49.3 Å². The first kappa shape index (κ1) is 74.1. The molecule has 11 heteroatoms. The van der Waals surface area contributed by atoms with Crippen LogP contribution in [0.5, 0.6) is 0 Å². The molecule has 0 saturated carbocycles. The molecule has 1 aliphatic heterocycles. The molecule has 1 rings (SSSR count). The van der Waals surface area contributed by atoms with Crippen molar-refractivity contribution >= 4 is 11.9 Å². The highest BCUT2D eigenvalue weighted by Crippen LogP contribution is 2.26. The molecular formula is C68H121NO10. The fraction of sp³-hybridized carbons (Fsp3) is 0.794. The Hall–Kier alpha value is -2.90. The largest absolute Gasteiger partial charge is 0.454 e. The van der Waals surface area contributed by atoms with Crippen LogP contribution in [0.25, 0.3) is 0 Å². The monoisotopic (exact) mass is 1110 g/mol. The van der Waals surface area contributed by atoms with Crippen LogP contribution in [0.2, 0.25) is 0 Å². The molecule has 8 unspecified atom stereocenters. The second-order valence-corrected chi connectivity index (χ2v) is 22.5. The van der Waals surface area contributed by atoms with Crippen LogP contribution >= 0.6 is 0 Å². The fourth-order valence-corrected chi connectivity index (χ4v) is 9.86. The summed E-state index contributed by atoms with van der Waals surface area (Å²) in [5.74, 6) is -1.21. The highest BCUT2D eigenvalue weighted by molar-refractivity contribution is 5.80. The second-order valence-electron chi connectivity index (χ2n) is 22.5. The maximum atomic E-state index is 13.4. The number of rotatable bonds is 55. The number of allylic oxidation sites excluding steroid dienone is 11. The quantitative estimate of drug-likeness (QED) is 0.0195. The zero-order chi connectivity index (χ0) is 57.5. The van der Waals surface area contributed by atoms with Crippen LogP contribution in [0.3, 0.4) is 0 Å². The van der Waals surface area contributed by atoms with E-state index in [1.54, 1.807) is 6.08 Å². The minimum absolute atomic E-state index is 0.102. The summed E-state index contributed by atoms with van der Waals surface area (Å²) >= 11 is 0. The van der Waals surface area contributed by atoms with E-state index >= 15 is 0 Å². The molecule has 1 aliphatic rings. The average Bonchev–Trinajstić information content (AvgIpc) is 3.44. The molecule has 11 nitrogen and oxygen atoms in total. The van der Waals surface area contributed by atoms with Gasteiger partial charge in [-0.1, -0.05) is 254 Å². The van der Waals surface area contributed by atoms with E-state index in [9.17, 15) is 35.1 Å². The van der Waals surface area contributed by atoms with Gasteiger partial charge in [0.15, 0.2) is 12.4 Å². The minimum atomic E-state index is -1.62. The van der Waals surface area contributed by atoms with Gasteiger partial charge in [0, 0.05) is 6.42 Å². The molecule has 1 fully saturated rings. The number of unbranched alkanes of at least 4 members (excludes halogenated alkanes) is 31. The number of ether oxygens (including phenoxy) is 3. The Morgan fingerprint density at radius 2 is 0.873 bits per heavy atom. The van der Waals surface area contributed by atoms with Gasteiger partial charge in [-0.25, -0.2) is 0 Å². The summed E-state index contributed by atoms with van der Waals surface area (Å²) in [5, 5.41) is 57.0. The Morgan fingerprint density at radius 3 is 1.34 bits per heavy atom. The molecule has 79 heavy (non-hydrogen) atoms. The number of amides is 1. The smallest absolute Gasteiger partial charge is 0.306 e. The SMILES string of the molecule is CCCCC/C=C\C/C=C\C/C=C\C/C=C\CCCCCCCCCCCCC(O)C(=O)NC(COC1OC(CO)C(O)C(O)C1OC(=O)CCCCC/C=C\CCCCCCCC)C(O)/C=C/CCCCCCCCCCC. The van der Waals surface area contributed by atoms with Crippen molar-refractivity contribution in [3.63, 3.8) is 0 Å². The van der Waals surface area contributed by atoms with E-state index in [0.29, 0.717) is 12.8 Å². The zero-order valence-electron chi connectivity index (χ0n) is 50.7. The lowest BCUT2D eigenvalue weighted by Crippen LogP contribution is -2.61. The highest BCUT2D eigenvalue weighted by atomic mass is 16.7. The number of nitrogens with one attached hydrogen (secondary N) is 1. The first-order chi connectivity index (χ1) is 38.7. The normalized spacial score (nSPS) is 19.3. The van der Waals surface area contributed by atoms with E-state index in [4.69, 9.17) is 14.2 Å². The maximum Gasteiger partial charge on any atom is 0.306 e. The van der Waals surface area contributed by atoms with Gasteiger partial charge >= 0.3 is 5.97 Å². The van der Waals surface area contributed by atoms with Gasteiger partial charge in [0.05, 0.1) is 25.4 Å². The van der Waals surface area contributed by atoms with Crippen molar-refractivity contribution in [2.75, 3.05) is 13.2 Å². The average molecular weight is 1110 g/mol. The molecule has 6 N–H and O–H groups in total. The van der Waals surface area contributed by atoms with Gasteiger partial charge in [-0.3, -0.25) is 9.59 Å². The number of carbonyl (C=O) groups excluding carboxylic acids is 2. The molecule has 458 valence electrons. The third kappa shape index (κ3) is 43.5. The lowest BCUT2D eigenvalue weighted by atomic mass is 9.99. The summed E-state index contributed by atoms with van der Waals surface area (Å²) in [5.41, 5.74) is 0. The summed E-state index contributed by atoms with van der Waals surface area (Å²) in [6.45, 7) is 5.74. The van der Waals surface area contributed by atoms with Crippen LogP contribution in [-0.2, 0) is 23.8 Å². The number of aliphatic hydroxyl groups excluding tert-OH is 5. The van der Waals surface area contributed by atoms with Gasteiger partial charge < -0.3 is 45.1 Å². The summed E-state index contributed by atoms with van der Waals surface area (Å²) in [6.07, 6.45) is 60.9. The lowest BCUT2D eigenvalue weighted by Gasteiger charge is -2.41. The number of carbonyl (C=O) groups is 2. The van der Waals surface area contributed by atoms with E-state index in [1.807, 2.05) is 6.08 Å². The van der Waals surface area contributed by atoms with E-state index in [-0.39, 0.29) is 19.4 Å². The Bertz CT molecular complexity index is 1560. The first-order valence-corrected chi connectivity index (χ1v) is 32.7. The van der Waals surface area contributed by atoms with Crippen molar-refractivity contribution in [1.29, 1.82) is 0 Å². The van der Waals surface area contributed by atoms with Crippen molar-refractivity contribution in [1.82, 2.24) is 5.32 Å². The van der Waals surface area contributed by atoms with Gasteiger partial charge in [-0.15, -0.1) is 0 Å². The highest BCUT2D eigenvalue weighted by Gasteiger charge is 2.47. The number of esters is 1. The molecule has 0 aromatic heterocycles. The summed E-state index contributed by atoms with van der Waals surface area (Å²) in [4.78, 5) is 26.5. The molecule has 1 amide bonds. The standard InChI is InChI=1S/C68H121NO10/c1-4-7-10-13-16-19-22-24-25-26-27-28-29-30-31-32-33-34-35-36-38-40-43-46-49-52-55-61(72)67(76)69-59(60(71)54-51-48-45-42-39-21-18-15-12-9-6-3)58-77-68-66(65(75)64(74)62(57-70)78-68)79-63(73)56-53-50-47-44-41-37-23-20-17-14-11-8-5-2/h16,19,24-25,27-28,30-31,37,41,51,54,59-62,64-66,68,70-72,74-75H,4-15,17-18,20-23,26,29,32-36,38-40,42-50,52-53,55-58H2,1-3H3,(H,69,76)/b19-16-,25-24-,28-27-,31-30-,41-37-,54-51+. The Labute approximate surface area is 483 Å². The van der Waals surface area contributed by atoms with Crippen LogP contribution in [-0.4, -0.2) is 99.6 Å². The Balaban J connectivity index is 2.59. The molecule has 1 saturated heterocycles. The molecule has 0 aliphatic carbocycles. The first-order valence-electron chi connectivity index (χ1n) is 32.7. The zero-order valence-corrected chi connectivity index (χ0v) is 50.7. The van der Waals surface area contributed by atoms with Crippen molar-refractivity contribution in [2.24, 2.45) is 0 Å². The van der Waals surface area contributed by atoms with Crippen LogP contribution in [0.4, 0.5) is 0 Å². The second kappa shape index (κ2) is 55.6. The topological polar surface area (TPSA) is 175 Å². The minimum Gasteiger partial charge on any atom is -0.454 e. The number of hydrogen-bond acceptors (Lipinski definition) is 10. The van der Waals surface area contributed by atoms with Gasteiger partial charge in [-0.2, -0.15) is 0 Å². The maximum absolute atomic E-state index is 13.4. The number of hydrogen-bond donors (Lipinski definition) is 6. The number of aliphatic hydroxyl groups is 5. The van der Waals surface area contributed by atoms with Gasteiger partial charge in [0.1, 0.15) is 24.4 Å². The van der Waals surface area contributed by atoms with Crippen molar-refractivity contribution in [3.8, 4) is 0 Å². The van der Waals surface area contributed by atoms with E-state index < -0.39 is 67.4 Å². The van der Waals surface area contributed by atoms with Gasteiger partial charge in [-0.05, 0) is 96.3 Å². The summed E-state index contributed by atoms with van der Waals surface area (Å²) < 4.78 is 17.6. The molecule has 0 aromatic carbocycles. The molecule has 1 heterocycles. The van der Waals surface area contributed by atoms with E-state index in [0.717, 1.165) is 89.9 Å². The summed E-state index contributed by atoms with van der Waals surface area (Å²) in [7, 11) is 0. The van der Waals surface area contributed by atoms with Crippen LogP contribution in [0.15, 0.2) is 72.9 Å². The van der Waals surface area contributed by atoms with Crippen molar-refractivity contribution in [2.45, 2.75) is 333 Å². The van der Waals surface area contributed by atoms with Crippen LogP contribution in [0.1, 0.15) is 284 Å². The molecule has 0 spiro atoms. The summed E-state index contributed by atoms with van der Waals surface area (Å²) in [6, 6.07) is -1.03. The van der Waals surface area contributed by atoms with Crippen LogP contribution in [0, 0.1) is 0 Å². The van der Waals surface area contributed by atoms with Crippen molar-refractivity contribution in [3.05, 3.63) is 72.9 Å². The molecule has 0 radical (unpaired) electrons. The fourth-order valence-electron chi connectivity index (χ4n) is 9.86. The van der Waals surface area contributed by atoms with E-state index in [2.05, 4.69) is 86.8 Å². The van der Waals surface area contributed by atoms with Crippen LogP contribution < -0.4 is 5.32 Å². The lowest BCUT2D eigenvalue weighted by molar-refractivity contribution is -0.305. The molecule has 0 aromatic rings. The predicted octanol–water partition coefficient (Wildman–Crippen LogP) is 16.0. The Morgan fingerprint density at radius 1 is 0.494 bits per heavy atom. The molecule has 0 bridgehead atoms. The molecular weight excluding hydrogens is 991 g/mol. The van der Waals surface area contributed by atoms with E-state index in [1.165, 1.54) is 148 Å². The van der Waals surface area contributed by atoms with Gasteiger partial charge in [0.2, 0.25) is 5.91 Å². The molecule has 8 atom stereocenters. The Kier molecular flexibility index (Phi) is 52.2. The third-order valence-corrected chi connectivity index (χ3v) is 15.1. The predicted molar refractivity (Wildman–Crippen MR) is 329 cm³/mol. The van der Waals surface area contributed by atoms with Gasteiger partial charge in [0.25, 0.3) is 0 Å².